The second kappa shape index (κ2) is 8.69. The first-order valence-electron chi connectivity index (χ1n) is 6.64. The molecule has 0 aliphatic rings. The largest absolute Gasteiger partial charge is 0.354 e. The fourth-order valence-corrected chi connectivity index (χ4v) is 1.68. The maximum atomic E-state index is 11.3. The van der Waals surface area contributed by atoms with Crippen LogP contribution < -0.4 is 10.6 Å². The van der Waals surface area contributed by atoms with Gasteiger partial charge in [0.15, 0.2) is 0 Å². The van der Waals surface area contributed by atoms with E-state index >= 15 is 0 Å². The molecular formula is C13H24N4O. The molecule has 5 nitrogen and oxygen atoms in total. The number of aryl methyl sites for hydroxylation is 1. The molecule has 0 saturated carbocycles. The van der Waals surface area contributed by atoms with Crippen LogP contribution in [0.15, 0.2) is 18.7 Å². The molecule has 0 radical (unpaired) electrons. The van der Waals surface area contributed by atoms with Crippen LogP contribution in [0.1, 0.15) is 33.1 Å². The van der Waals surface area contributed by atoms with Gasteiger partial charge >= 0.3 is 0 Å². The summed E-state index contributed by atoms with van der Waals surface area (Å²) in [6.45, 7) is 6.67. The van der Waals surface area contributed by atoms with Crippen molar-refractivity contribution in [1.82, 2.24) is 20.2 Å². The van der Waals surface area contributed by atoms with Crippen molar-refractivity contribution in [1.29, 1.82) is 0 Å². The van der Waals surface area contributed by atoms with E-state index in [1.54, 1.807) is 6.20 Å². The molecule has 0 fully saturated rings. The summed E-state index contributed by atoms with van der Waals surface area (Å²) in [5.74, 6) is 0.121. The molecule has 1 rings (SSSR count). The van der Waals surface area contributed by atoms with E-state index in [4.69, 9.17) is 0 Å². The van der Waals surface area contributed by atoms with E-state index in [9.17, 15) is 4.79 Å². The molecule has 18 heavy (non-hydrogen) atoms. The molecule has 0 aromatic carbocycles. The molecular weight excluding hydrogens is 228 g/mol. The Morgan fingerprint density at radius 1 is 1.33 bits per heavy atom. The van der Waals surface area contributed by atoms with Gasteiger partial charge in [-0.2, -0.15) is 0 Å². The van der Waals surface area contributed by atoms with Crippen molar-refractivity contribution in [3.63, 3.8) is 0 Å². The Labute approximate surface area is 109 Å². The Hall–Kier alpha value is -1.36. The molecule has 0 spiro atoms. The fraction of sp³-hybridized carbons (Fsp3) is 0.692. The van der Waals surface area contributed by atoms with Gasteiger partial charge in [0.2, 0.25) is 5.91 Å². The van der Waals surface area contributed by atoms with Gasteiger partial charge in [0.1, 0.15) is 0 Å². The highest BCUT2D eigenvalue weighted by atomic mass is 16.1. The topological polar surface area (TPSA) is 59.0 Å². The summed E-state index contributed by atoms with van der Waals surface area (Å²) >= 11 is 0. The van der Waals surface area contributed by atoms with Gasteiger partial charge in [-0.05, 0) is 33.2 Å². The van der Waals surface area contributed by atoms with Crippen molar-refractivity contribution in [2.24, 2.45) is 0 Å². The highest BCUT2D eigenvalue weighted by Gasteiger charge is 2.01. The molecule has 1 aromatic rings. The van der Waals surface area contributed by atoms with Gasteiger partial charge in [-0.25, -0.2) is 4.98 Å². The number of hydrogen-bond donors (Lipinski definition) is 2. The average molecular weight is 252 g/mol. The number of carbonyl (C=O) groups excluding carboxylic acids is 1. The number of amides is 1. The summed E-state index contributed by atoms with van der Waals surface area (Å²) in [7, 11) is 0. The van der Waals surface area contributed by atoms with E-state index in [1.165, 1.54) is 0 Å². The highest BCUT2D eigenvalue weighted by Crippen LogP contribution is 1.94. The van der Waals surface area contributed by atoms with Crippen LogP contribution in [0.4, 0.5) is 0 Å². The van der Waals surface area contributed by atoms with Crippen LogP contribution in [0.3, 0.4) is 0 Å². The van der Waals surface area contributed by atoms with Crippen LogP contribution in [0.25, 0.3) is 0 Å². The lowest BCUT2D eigenvalue weighted by molar-refractivity contribution is -0.121. The molecule has 0 aliphatic heterocycles. The van der Waals surface area contributed by atoms with Crippen molar-refractivity contribution < 1.29 is 4.79 Å². The molecule has 0 saturated heterocycles. The third-order valence-corrected chi connectivity index (χ3v) is 2.56. The number of rotatable bonds is 9. The molecule has 1 aromatic heterocycles. The summed E-state index contributed by atoms with van der Waals surface area (Å²) in [5, 5.41) is 6.16. The SMILES string of the molecule is CC(C)NC(=O)CCNCCCCn1ccnc1. The number of imidazole rings is 1. The van der Waals surface area contributed by atoms with E-state index in [0.717, 1.165) is 32.5 Å². The van der Waals surface area contributed by atoms with Gasteiger partial charge in [-0.3, -0.25) is 4.79 Å². The lowest BCUT2D eigenvalue weighted by Gasteiger charge is -2.08. The predicted molar refractivity (Wildman–Crippen MR) is 72.2 cm³/mol. The maximum absolute atomic E-state index is 11.3. The normalized spacial score (nSPS) is 10.8. The minimum atomic E-state index is 0.121. The first-order valence-corrected chi connectivity index (χ1v) is 6.64. The van der Waals surface area contributed by atoms with Gasteiger partial charge in [0.25, 0.3) is 0 Å². The van der Waals surface area contributed by atoms with Crippen molar-refractivity contribution in [3.8, 4) is 0 Å². The van der Waals surface area contributed by atoms with Gasteiger partial charge in [-0.1, -0.05) is 0 Å². The summed E-state index contributed by atoms with van der Waals surface area (Å²) < 4.78 is 2.08. The van der Waals surface area contributed by atoms with Crippen molar-refractivity contribution in [3.05, 3.63) is 18.7 Å². The minimum absolute atomic E-state index is 0.121. The second-order valence-electron chi connectivity index (χ2n) is 4.73. The zero-order valence-corrected chi connectivity index (χ0v) is 11.4. The molecule has 0 bridgehead atoms. The standard InChI is InChI=1S/C13H24N4O/c1-12(2)16-13(18)5-7-14-6-3-4-9-17-10-8-15-11-17/h8,10-12,14H,3-7,9H2,1-2H3,(H,16,18). The molecule has 1 heterocycles. The maximum Gasteiger partial charge on any atom is 0.221 e. The van der Waals surface area contributed by atoms with E-state index in [0.29, 0.717) is 6.42 Å². The van der Waals surface area contributed by atoms with Crippen LogP contribution in [0.5, 0.6) is 0 Å². The molecule has 0 atom stereocenters. The molecule has 102 valence electrons. The summed E-state index contributed by atoms with van der Waals surface area (Å²) in [4.78, 5) is 15.3. The van der Waals surface area contributed by atoms with Gasteiger partial charge in [0, 0.05) is 37.9 Å². The first kappa shape index (κ1) is 14.7. The van der Waals surface area contributed by atoms with E-state index < -0.39 is 0 Å². The smallest absolute Gasteiger partial charge is 0.221 e. The summed E-state index contributed by atoms with van der Waals surface area (Å²) in [6, 6.07) is 0.229. The highest BCUT2D eigenvalue weighted by molar-refractivity contribution is 5.76. The Morgan fingerprint density at radius 2 is 2.17 bits per heavy atom. The minimum Gasteiger partial charge on any atom is -0.354 e. The number of carbonyl (C=O) groups is 1. The van der Waals surface area contributed by atoms with E-state index in [2.05, 4.69) is 20.2 Å². The van der Waals surface area contributed by atoms with Crippen molar-refractivity contribution in [2.75, 3.05) is 13.1 Å². The molecule has 0 aliphatic carbocycles. The third kappa shape index (κ3) is 7.06. The summed E-state index contributed by atoms with van der Waals surface area (Å²) in [5.41, 5.74) is 0. The monoisotopic (exact) mass is 252 g/mol. The van der Waals surface area contributed by atoms with Crippen LogP contribution >= 0.6 is 0 Å². The van der Waals surface area contributed by atoms with Gasteiger partial charge in [-0.15, -0.1) is 0 Å². The second-order valence-corrected chi connectivity index (χ2v) is 4.73. The average Bonchev–Trinajstić information content (AvgIpc) is 2.79. The predicted octanol–water partition coefficient (Wildman–Crippen LogP) is 1.17. The fourth-order valence-electron chi connectivity index (χ4n) is 1.68. The van der Waals surface area contributed by atoms with Crippen molar-refractivity contribution >= 4 is 5.91 Å². The number of aromatic nitrogens is 2. The third-order valence-electron chi connectivity index (χ3n) is 2.56. The number of nitrogens with one attached hydrogen (secondary N) is 2. The molecule has 5 heteroatoms. The Balaban J connectivity index is 1.88. The Morgan fingerprint density at radius 3 is 2.83 bits per heavy atom. The molecule has 0 unspecified atom stereocenters. The Bertz CT molecular complexity index is 322. The molecule has 1 amide bonds. The van der Waals surface area contributed by atoms with Crippen LogP contribution in [-0.4, -0.2) is 34.6 Å². The quantitative estimate of drug-likeness (QED) is 0.649. The lowest BCUT2D eigenvalue weighted by Crippen LogP contribution is -2.32. The zero-order chi connectivity index (χ0) is 13.2. The van der Waals surface area contributed by atoms with Crippen LogP contribution in [-0.2, 0) is 11.3 Å². The zero-order valence-electron chi connectivity index (χ0n) is 11.4. The molecule has 2 N–H and O–H groups in total. The summed E-state index contributed by atoms with van der Waals surface area (Å²) in [6.07, 6.45) is 8.41. The number of hydrogen-bond acceptors (Lipinski definition) is 3. The van der Waals surface area contributed by atoms with Gasteiger partial charge in [0.05, 0.1) is 6.33 Å². The van der Waals surface area contributed by atoms with Crippen LogP contribution in [0.2, 0.25) is 0 Å². The van der Waals surface area contributed by atoms with E-state index in [1.807, 2.05) is 26.4 Å². The Kier molecular flexibility index (Phi) is 7.10. The number of nitrogens with zero attached hydrogens (tertiary/aromatic N) is 2. The van der Waals surface area contributed by atoms with Crippen molar-refractivity contribution in [2.45, 2.75) is 45.7 Å². The van der Waals surface area contributed by atoms with E-state index in [-0.39, 0.29) is 11.9 Å². The number of unbranched alkanes of at least 4 members (excludes halogenated alkanes) is 1. The lowest BCUT2D eigenvalue weighted by atomic mass is 10.3. The van der Waals surface area contributed by atoms with Crippen LogP contribution in [0, 0.1) is 0 Å². The van der Waals surface area contributed by atoms with Gasteiger partial charge < -0.3 is 15.2 Å². The first-order chi connectivity index (χ1) is 8.68.